The second-order valence-electron chi connectivity index (χ2n) is 6.97. The zero-order valence-corrected chi connectivity index (χ0v) is 15.2. The van der Waals surface area contributed by atoms with Crippen molar-refractivity contribution in [1.82, 2.24) is 0 Å². The minimum absolute atomic E-state index is 0. The first kappa shape index (κ1) is 17.7. The van der Waals surface area contributed by atoms with Crippen molar-refractivity contribution in [1.29, 1.82) is 0 Å². The van der Waals surface area contributed by atoms with E-state index < -0.39 is 0 Å². The summed E-state index contributed by atoms with van der Waals surface area (Å²) in [6.07, 6.45) is 16.4. The number of piperidine rings is 1. The van der Waals surface area contributed by atoms with Crippen LogP contribution in [0.1, 0.15) is 77.6 Å². The molecular weight excluding hydrogens is 345 g/mol. The van der Waals surface area contributed by atoms with E-state index in [1.807, 2.05) is 0 Å². The van der Waals surface area contributed by atoms with Crippen LogP contribution in [0.5, 0.6) is 0 Å². The standard InChI is InChI=1S/C17H34N.HI/c1-2-3-8-13-18(14-9-5-10-15-18)16-17-11-6-4-7-12-17;/h17H,2-16H2,1H3;1H/q+1;/p-1. The van der Waals surface area contributed by atoms with Crippen molar-refractivity contribution in [2.75, 3.05) is 26.2 Å². The average molecular weight is 379 g/mol. The van der Waals surface area contributed by atoms with Crippen molar-refractivity contribution in [3.05, 3.63) is 0 Å². The van der Waals surface area contributed by atoms with Gasteiger partial charge in [0.1, 0.15) is 0 Å². The summed E-state index contributed by atoms with van der Waals surface area (Å²) in [7, 11) is 0. The van der Waals surface area contributed by atoms with Gasteiger partial charge in [0.25, 0.3) is 0 Å². The summed E-state index contributed by atoms with van der Waals surface area (Å²) in [6.45, 7) is 8.36. The van der Waals surface area contributed by atoms with Crippen LogP contribution in [0, 0.1) is 5.92 Å². The number of likely N-dealkylation sites (tertiary alicyclic amines) is 1. The summed E-state index contributed by atoms with van der Waals surface area (Å²) in [5, 5.41) is 0. The van der Waals surface area contributed by atoms with Crippen LogP contribution in [-0.2, 0) is 0 Å². The van der Waals surface area contributed by atoms with E-state index in [0.717, 1.165) is 5.92 Å². The molecule has 2 heteroatoms. The van der Waals surface area contributed by atoms with Crippen molar-refractivity contribution in [2.24, 2.45) is 5.92 Å². The summed E-state index contributed by atoms with van der Waals surface area (Å²) in [5.41, 5.74) is 0. The Bertz CT molecular complexity index is 217. The van der Waals surface area contributed by atoms with E-state index in [1.165, 1.54) is 101 Å². The molecule has 1 saturated carbocycles. The molecule has 0 bridgehead atoms. The number of quaternary nitrogens is 1. The Morgan fingerprint density at radius 3 is 2.11 bits per heavy atom. The summed E-state index contributed by atoms with van der Waals surface area (Å²) < 4.78 is 1.50. The van der Waals surface area contributed by atoms with Crippen molar-refractivity contribution < 1.29 is 28.5 Å². The quantitative estimate of drug-likeness (QED) is 0.375. The van der Waals surface area contributed by atoms with Crippen molar-refractivity contribution in [2.45, 2.75) is 77.6 Å². The molecule has 114 valence electrons. The summed E-state index contributed by atoms with van der Waals surface area (Å²) >= 11 is 0. The fraction of sp³-hybridized carbons (Fsp3) is 1.00. The summed E-state index contributed by atoms with van der Waals surface area (Å²) in [4.78, 5) is 0. The third kappa shape index (κ3) is 5.91. The van der Waals surface area contributed by atoms with E-state index in [0.29, 0.717) is 0 Å². The van der Waals surface area contributed by atoms with Gasteiger partial charge < -0.3 is 28.5 Å². The van der Waals surface area contributed by atoms with Crippen LogP contribution in [0.15, 0.2) is 0 Å². The molecule has 0 radical (unpaired) electrons. The molecule has 0 amide bonds. The Hall–Kier alpha value is 0.690. The second kappa shape index (κ2) is 9.59. The predicted molar refractivity (Wildman–Crippen MR) is 79.7 cm³/mol. The van der Waals surface area contributed by atoms with Gasteiger partial charge in [-0.05, 0) is 44.9 Å². The van der Waals surface area contributed by atoms with Gasteiger partial charge in [0, 0.05) is 5.92 Å². The molecule has 1 nitrogen and oxygen atoms in total. The smallest absolute Gasteiger partial charge is 0.0815 e. The predicted octanol–water partition coefficient (Wildman–Crippen LogP) is 1.76. The van der Waals surface area contributed by atoms with Crippen molar-refractivity contribution >= 4 is 0 Å². The molecule has 2 fully saturated rings. The average Bonchev–Trinajstić information content (AvgIpc) is 2.41. The number of hydrogen-bond acceptors (Lipinski definition) is 0. The van der Waals surface area contributed by atoms with Gasteiger partial charge in [-0.2, -0.15) is 0 Å². The molecule has 0 aromatic rings. The van der Waals surface area contributed by atoms with Gasteiger partial charge in [-0.1, -0.05) is 32.6 Å². The maximum Gasteiger partial charge on any atom is 0.0815 e. The van der Waals surface area contributed by atoms with E-state index >= 15 is 0 Å². The third-order valence-corrected chi connectivity index (χ3v) is 5.37. The van der Waals surface area contributed by atoms with Gasteiger partial charge in [0.15, 0.2) is 0 Å². The first-order valence-electron chi connectivity index (χ1n) is 8.70. The molecule has 1 heterocycles. The molecule has 0 unspecified atom stereocenters. The van der Waals surface area contributed by atoms with E-state index in [4.69, 9.17) is 0 Å². The molecule has 1 aliphatic heterocycles. The number of unbranched alkanes of at least 4 members (excludes halogenated alkanes) is 2. The molecular formula is C17H34IN. The molecule has 1 aliphatic carbocycles. The minimum Gasteiger partial charge on any atom is -1.00 e. The Labute approximate surface area is 138 Å². The SMILES string of the molecule is CCCCC[N+]1(CC2CCCCC2)CCCCC1.[I-]. The number of hydrogen-bond donors (Lipinski definition) is 0. The highest BCUT2D eigenvalue weighted by atomic mass is 127. The lowest BCUT2D eigenvalue weighted by molar-refractivity contribution is -0.935. The Balaban J connectivity index is 0.00000180. The fourth-order valence-corrected chi connectivity index (χ4v) is 4.30. The van der Waals surface area contributed by atoms with Crippen LogP contribution >= 0.6 is 0 Å². The first-order chi connectivity index (χ1) is 8.85. The van der Waals surface area contributed by atoms with E-state index in [9.17, 15) is 0 Å². The monoisotopic (exact) mass is 379 g/mol. The fourth-order valence-electron chi connectivity index (χ4n) is 4.30. The molecule has 0 aromatic carbocycles. The normalized spacial score (nSPS) is 23.8. The highest BCUT2D eigenvalue weighted by Gasteiger charge is 2.32. The molecule has 1 saturated heterocycles. The van der Waals surface area contributed by atoms with Crippen LogP contribution in [0.25, 0.3) is 0 Å². The molecule has 2 rings (SSSR count). The molecule has 0 spiro atoms. The van der Waals surface area contributed by atoms with Gasteiger partial charge in [-0.25, -0.2) is 0 Å². The summed E-state index contributed by atoms with van der Waals surface area (Å²) in [5.74, 6) is 1.07. The van der Waals surface area contributed by atoms with Crippen LogP contribution in [0.4, 0.5) is 0 Å². The summed E-state index contributed by atoms with van der Waals surface area (Å²) in [6, 6.07) is 0. The first-order valence-corrected chi connectivity index (χ1v) is 8.70. The third-order valence-electron chi connectivity index (χ3n) is 5.37. The molecule has 2 aliphatic rings. The number of nitrogens with zero attached hydrogens (tertiary/aromatic N) is 1. The molecule has 0 atom stereocenters. The van der Waals surface area contributed by atoms with Gasteiger partial charge in [-0.15, -0.1) is 0 Å². The second-order valence-corrected chi connectivity index (χ2v) is 6.97. The molecule has 0 aromatic heterocycles. The van der Waals surface area contributed by atoms with Crippen LogP contribution in [-0.4, -0.2) is 30.7 Å². The largest absolute Gasteiger partial charge is 1.00 e. The highest BCUT2D eigenvalue weighted by molar-refractivity contribution is 4.67. The number of rotatable bonds is 6. The zero-order valence-electron chi connectivity index (χ0n) is 13.0. The minimum atomic E-state index is 0. The number of halogens is 1. The maximum absolute atomic E-state index is 2.33. The Morgan fingerprint density at radius 1 is 0.842 bits per heavy atom. The van der Waals surface area contributed by atoms with Gasteiger partial charge in [0.2, 0.25) is 0 Å². The van der Waals surface area contributed by atoms with E-state index in [-0.39, 0.29) is 24.0 Å². The van der Waals surface area contributed by atoms with Gasteiger partial charge >= 0.3 is 0 Å². The Morgan fingerprint density at radius 2 is 1.47 bits per heavy atom. The molecule has 19 heavy (non-hydrogen) atoms. The maximum atomic E-state index is 2.33. The van der Waals surface area contributed by atoms with Crippen LogP contribution < -0.4 is 24.0 Å². The topological polar surface area (TPSA) is 0 Å². The lowest BCUT2D eigenvalue weighted by Crippen LogP contribution is -3.00. The van der Waals surface area contributed by atoms with Gasteiger partial charge in [0.05, 0.1) is 26.2 Å². The van der Waals surface area contributed by atoms with Crippen LogP contribution in [0.2, 0.25) is 0 Å². The lowest BCUT2D eigenvalue weighted by atomic mass is 9.87. The zero-order chi connectivity index (χ0) is 12.7. The Kier molecular flexibility index (Phi) is 8.96. The van der Waals surface area contributed by atoms with Crippen molar-refractivity contribution in [3.8, 4) is 0 Å². The van der Waals surface area contributed by atoms with Crippen LogP contribution in [0.3, 0.4) is 0 Å². The highest BCUT2D eigenvalue weighted by Crippen LogP contribution is 2.29. The van der Waals surface area contributed by atoms with E-state index in [2.05, 4.69) is 6.92 Å². The van der Waals surface area contributed by atoms with E-state index in [1.54, 1.807) is 0 Å². The lowest BCUT2D eigenvalue weighted by Gasteiger charge is -2.44. The van der Waals surface area contributed by atoms with Gasteiger partial charge in [-0.3, -0.25) is 0 Å². The molecule has 0 N–H and O–H groups in total. The van der Waals surface area contributed by atoms with Crippen molar-refractivity contribution in [3.63, 3.8) is 0 Å².